The van der Waals surface area contributed by atoms with Crippen molar-refractivity contribution in [1.82, 2.24) is 5.32 Å². The van der Waals surface area contributed by atoms with Gasteiger partial charge in [0.25, 0.3) is 17.7 Å². The molecule has 172 valence electrons. The van der Waals surface area contributed by atoms with Crippen LogP contribution in [0.3, 0.4) is 0 Å². The first-order valence-corrected chi connectivity index (χ1v) is 11.7. The van der Waals surface area contributed by atoms with E-state index in [9.17, 15) is 19.2 Å². The van der Waals surface area contributed by atoms with Crippen LogP contribution in [0.15, 0.2) is 83.8 Å². The summed E-state index contributed by atoms with van der Waals surface area (Å²) in [7, 11) is 0. The molecule has 0 aromatic heterocycles. The third kappa shape index (κ3) is 5.35. The highest BCUT2D eigenvalue weighted by atomic mass is 32.2. The SMILES string of the molecule is O=C(COC(=O)c1ccc(N2C(=O)c3ccccc3C2=O)cc1)NCCCSc1ccccc1. The Morgan fingerprint density at radius 1 is 0.824 bits per heavy atom. The lowest BCUT2D eigenvalue weighted by Crippen LogP contribution is -2.30. The monoisotopic (exact) mass is 474 g/mol. The first-order valence-electron chi connectivity index (χ1n) is 10.7. The summed E-state index contributed by atoms with van der Waals surface area (Å²) in [6, 6.07) is 22.5. The van der Waals surface area contributed by atoms with Gasteiger partial charge < -0.3 is 10.1 Å². The van der Waals surface area contributed by atoms with Gasteiger partial charge in [0.05, 0.1) is 22.4 Å². The Labute approximate surface area is 201 Å². The normalized spacial score (nSPS) is 12.4. The summed E-state index contributed by atoms with van der Waals surface area (Å²) in [5.74, 6) is -0.988. The summed E-state index contributed by atoms with van der Waals surface area (Å²) in [4.78, 5) is 51.6. The van der Waals surface area contributed by atoms with Crippen LogP contribution in [-0.4, -0.2) is 42.6 Å². The first kappa shape index (κ1) is 23.3. The number of nitrogens with one attached hydrogen (secondary N) is 1. The zero-order valence-corrected chi connectivity index (χ0v) is 19.0. The lowest BCUT2D eigenvalue weighted by atomic mass is 10.1. The molecule has 3 aromatic carbocycles. The Balaban J connectivity index is 1.22. The number of hydrogen-bond donors (Lipinski definition) is 1. The second-order valence-electron chi connectivity index (χ2n) is 7.48. The fourth-order valence-corrected chi connectivity index (χ4v) is 4.32. The zero-order chi connectivity index (χ0) is 23.9. The highest BCUT2D eigenvalue weighted by molar-refractivity contribution is 7.99. The molecule has 0 atom stereocenters. The number of nitrogens with zero attached hydrogens (tertiary/aromatic N) is 1. The van der Waals surface area contributed by atoms with Crippen LogP contribution >= 0.6 is 11.8 Å². The number of rotatable bonds is 9. The molecule has 3 aromatic rings. The van der Waals surface area contributed by atoms with Crippen molar-refractivity contribution in [1.29, 1.82) is 0 Å². The smallest absolute Gasteiger partial charge is 0.338 e. The van der Waals surface area contributed by atoms with E-state index in [4.69, 9.17) is 4.74 Å². The summed E-state index contributed by atoms with van der Waals surface area (Å²) in [6.07, 6.45) is 0.790. The number of imide groups is 1. The molecular formula is C26H22N2O5S. The molecule has 0 aliphatic carbocycles. The number of anilines is 1. The van der Waals surface area contributed by atoms with Gasteiger partial charge in [-0.15, -0.1) is 11.8 Å². The predicted octanol–water partition coefficient (Wildman–Crippen LogP) is 3.94. The molecule has 1 N–H and O–H groups in total. The van der Waals surface area contributed by atoms with Crippen molar-refractivity contribution in [3.63, 3.8) is 0 Å². The minimum atomic E-state index is -0.663. The Morgan fingerprint density at radius 3 is 2.09 bits per heavy atom. The van der Waals surface area contributed by atoms with E-state index in [1.807, 2.05) is 30.3 Å². The quantitative estimate of drug-likeness (QED) is 0.219. The van der Waals surface area contributed by atoms with Crippen molar-refractivity contribution >= 4 is 41.1 Å². The minimum Gasteiger partial charge on any atom is -0.452 e. The molecular weight excluding hydrogens is 452 g/mol. The number of carbonyl (C=O) groups excluding carboxylic acids is 4. The van der Waals surface area contributed by atoms with Crippen LogP contribution in [0.25, 0.3) is 0 Å². The van der Waals surface area contributed by atoms with Gasteiger partial charge in [0.2, 0.25) is 0 Å². The molecule has 34 heavy (non-hydrogen) atoms. The van der Waals surface area contributed by atoms with Crippen molar-refractivity contribution in [3.8, 4) is 0 Å². The molecule has 0 unspecified atom stereocenters. The lowest BCUT2D eigenvalue weighted by Gasteiger charge is -2.14. The molecule has 0 spiro atoms. The van der Waals surface area contributed by atoms with E-state index in [1.54, 1.807) is 36.0 Å². The number of amides is 3. The number of carbonyl (C=O) groups is 4. The second-order valence-corrected chi connectivity index (χ2v) is 8.65. The average molecular weight is 475 g/mol. The Morgan fingerprint density at radius 2 is 1.44 bits per heavy atom. The highest BCUT2D eigenvalue weighted by Crippen LogP contribution is 2.28. The number of esters is 1. The summed E-state index contributed by atoms with van der Waals surface area (Å²) in [5, 5.41) is 2.73. The molecule has 0 saturated heterocycles. The highest BCUT2D eigenvalue weighted by Gasteiger charge is 2.36. The minimum absolute atomic E-state index is 0.215. The third-order valence-corrected chi connectivity index (χ3v) is 6.24. The fraction of sp³-hybridized carbons (Fsp3) is 0.154. The molecule has 1 aliphatic rings. The number of fused-ring (bicyclic) bond motifs is 1. The van der Waals surface area contributed by atoms with Gasteiger partial charge in [0.15, 0.2) is 6.61 Å². The van der Waals surface area contributed by atoms with E-state index in [2.05, 4.69) is 5.32 Å². The number of hydrogen-bond acceptors (Lipinski definition) is 6. The van der Waals surface area contributed by atoms with E-state index in [1.165, 1.54) is 29.2 Å². The first-order chi connectivity index (χ1) is 16.5. The Kier molecular flexibility index (Phi) is 7.39. The van der Waals surface area contributed by atoms with E-state index >= 15 is 0 Å². The molecule has 0 fully saturated rings. The maximum absolute atomic E-state index is 12.6. The molecule has 0 radical (unpaired) electrons. The van der Waals surface area contributed by atoms with E-state index < -0.39 is 17.8 Å². The maximum atomic E-state index is 12.6. The van der Waals surface area contributed by atoms with Gasteiger partial charge in [-0.05, 0) is 60.7 Å². The van der Waals surface area contributed by atoms with Gasteiger partial charge in [0.1, 0.15) is 0 Å². The van der Waals surface area contributed by atoms with E-state index in [0.717, 1.165) is 17.1 Å². The van der Waals surface area contributed by atoms with Gasteiger partial charge in [-0.3, -0.25) is 14.4 Å². The van der Waals surface area contributed by atoms with Gasteiger partial charge in [-0.25, -0.2) is 9.69 Å². The van der Waals surface area contributed by atoms with Crippen molar-refractivity contribution in [2.24, 2.45) is 0 Å². The van der Waals surface area contributed by atoms with Crippen LogP contribution in [0.1, 0.15) is 37.5 Å². The summed E-state index contributed by atoms with van der Waals surface area (Å²) in [5.41, 5.74) is 1.27. The molecule has 0 saturated carbocycles. The average Bonchev–Trinajstić information content (AvgIpc) is 3.13. The lowest BCUT2D eigenvalue weighted by molar-refractivity contribution is -0.124. The molecule has 1 aliphatic heterocycles. The van der Waals surface area contributed by atoms with Gasteiger partial charge >= 0.3 is 5.97 Å². The van der Waals surface area contributed by atoms with Gasteiger partial charge in [0, 0.05) is 11.4 Å². The standard InChI is InChI=1S/C26H22N2O5S/c29-23(27-15-6-16-34-20-7-2-1-3-8-20)17-33-26(32)18-11-13-19(14-12-18)28-24(30)21-9-4-5-10-22(21)25(28)31/h1-5,7-14H,6,15-17H2,(H,27,29). The molecule has 8 heteroatoms. The fourth-order valence-electron chi connectivity index (χ4n) is 3.44. The molecule has 4 rings (SSSR count). The van der Waals surface area contributed by atoms with Crippen LogP contribution in [0, 0.1) is 0 Å². The number of ether oxygens (including phenoxy) is 1. The predicted molar refractivity (Wildman–Crippen MR) is 129 cm³/mol. The topological polar surface area (TPSA) is 92.8 Å². The largest absolute Gasteiger partial charge is 0.452 e. The summed E-state index contributed by atoms with van der Waals surface area (Å²) in [6.45, 7) is 0.107. The van der Waals surface area contributed by atoms with Gasteiger partial charge in [-0.2, -0.15) is 0 Å². The number of thioether (sulfide) groups is 1. The number of benzene rings is 3. The van der Waals surface area contributed by atoms with Gasteiger partial charge in [-0.1, -0.05) is 30.3 Å². The summed E-state index contributed by atoms with van der Waals surface area (Å²) < 4.78 is 5.07. The second kappa shape index (κ2) is 10.8. The van der Waals surface area contributed by atoms with Crippen molar-refractivity contribution in [2.75, 3.05) is 23.8 Å². The van der Waals surface area contributed by atoms with Crippen molar-refractivity contribution in [3.05, 3.63) is 95.6 Å². The maximum Gasteiger partial charge on any atom is 0.338 e. The van der Waals surface area contributed by atoms with Crippen LogP contribution in [0.5, 0.6) is 0 Å². The Hall–Kier alpha value is -3.91. The van der Waals surface area contributed by atoms with Crippen molar-refractivity contribution < 1.29 is 23.9 Å². The van der Waals surface area contributed by atoms with Crippen LogP contribution < -0.4 is 10.2 Å². The molecule has 1 heterocycles. The van der Waals surface area contributed by atoms with Crippen LogP contribution in [-0.2, 0) is 9.53 Å². The summed E-state index contributed by atoms with van der Waals surface area (Å²) >= 11 is 1.71. The van der Waals surface area contributed by atoms with E-state index in [0.29, 0.717) is 23.4 Å². The van der Waals surface area contributed by atoms with Crippen molar-refractivity contribution in [2.45, 2.75) is 11.3 Å². The van der Waals surface area contributed by atoms with Crippen LogP contribution in [0.4, 0.5) is 5.69 Å². The Bertz CT molecular complexity index is 1180. The third-order valence-electron chi connectivity index (χ3n) is 5.14. The molecule has 0 bridgehead atoms. The molecule has 3 amide bonds. The zero-order valence-electron chi connectivity index (χ0n) is 18.2. The van der Waals surface area contributed by atoms with E-state index in [-0.39, 0.29) is 18.1 Å². The van der Waals surface area contributed by atoms with Crippen LogP contribution in [0.2, 0.25) is 0 Å². The molecule has 7 nitrogen and oxygen atoms in total.